The van der Waals surface area contributed by atoms with Gasteiger partial charge in [0.1, 0.15) is 6.26 Å². The summed E-state index contributed by atoms with van der Waals surface area (Å²) in [7, 11) is 4.83. The standard InChI is InChI=1S/C19H24N2O5/c1-23-16-5-4-14(17(24-2)18(16)25-3)12-20-7-9-21(10-8-20)19(22)15-6-11-26-13-15/h4-6,11,13H,7-10,12H2,1-3H3. The lowest BCUT2D eigenvalue weighted by Gasteiger charge is -2.34. The highest BCUT2D eigenvalue weighted by Gasteiger charge is 2.24. The van der Waals surface area contributed by atoms with Crippen LogP contribution in [0.4, 0.5) is 0 Å². The molecule has 1 saturated heterocycles. The third kappa shape index (κ3) is 3.62. The number of carbonyl (C=O) groups is 1. The number of hydrogen-bond donors (Lipinski definition) is 0. The maximum atomic E-state index is 12.4. The van der Waals surface area contributed by atoms with E-state index >= 15 is 0 Å². The molecule has 0 saturated carbocycles. The quantitative estimate of drug-likeness (QED) is 0.787. The molecule has 1 fully saturated rings. The fourth-order valence-electron chi connectivity index (χ4n) is 3.21. The van der Waals surface area contributed by atoms with Crippen molar-refractivity contribution in [2.45, 2.75) is 6.54 Å². The van der Waals surface area contributed by atoms with Crippen molar-refractivity contribution in [3.63, 3.8) is 0 Å². The molecule has 140 valence electrons. The van der Waals surface area contributed by atoms with Gasteiger partial charge < -0.3 is 23.5 Å². The molecule has 0 spiro atoms. The van der Waals surface area contributed by atoms with E-state index in [0.717, 1.165) is 25.2 Å². The summed E-state index contributed by atoms with van der Waals surface area (Å²) in [6.07, 6.45) is 3.01. The molecule has 0 N–H and O–H groups in total. The van der Waals surface area contributed by atoms with Crippen LogP contribution in [-0.4, -0.2) is 63.2 Å². The lowest BCUT2D eigenvalue weighted by molar-refractivity contribution is 0.0626. The predicted molar refractivity (Wildman–Crippen MR) is 96.0 cm³/mol. The number of carbonyl (C=O) groups excluding carboxylic acids is 1. The molecule has 1 amide bonds. The van der Waals surface area contributed by atoms with Crippen LogP contribution in [-0.2, 0) is 6.54 Å². The summed E-state index contributed by atoms with van der Waals surface area (Å²) >= 11 is 0. The van der Waals surface area contributed by atoms with Gasteiger partial charge in [-0.2, -0.15) is 0 Å². The molecule has 0 bridgehead atoms. The Morgan fingerprint density at radius 2 is 1.73 bits per heavy atom. The first kappa shape index (κ1) is 18.1. The minimum absolute atomic E-state index is 0.0158. The van der Waals surface area contributed by atoms with Gasteiger partial charge in [0.25, 0.3) is 5.91 Å². The van der Waals surface area contributed by atoms with Gasteiger partial charge >= 0.3 is 0 Å². The first-order valence-corrected chi connectivity index (χ1v) is 8.49. The van der Waals surface area contributed by atoms with Crippen LogP contribution >= 0.6 is 0 Å². The fourth-order valence-corrected chi connectivity index (χ4v) is 3.21. The molecule has 0 atom stereocenters. The van der Waals surface area contributed by atoms with Gasteiger partial charge in [0.2, 0.25) is 5.75 Å². The third-order valence-corrected chi connectivity index (χ3v) is 4.61. The van der Waals surface area contributed by atoms with E-state index in [-0.39, 0.29) is 5.91 Å². The number of amides is 1. The third-order valence-electron chi connectivity index (χ3n) is 4.61. The Morgan fingerprint density at radius 1 is 1.00 bits per heavy atom. The monoisotopic (exact) mass is 360 g/mol. The highest BCUT2D eigenvalue weighted by atomic mass is 16.5. The van der Waals surface area contributed by atoms with Crippen LogP contribution in [0, 0.1) is 0 Å². The molecule has 26 heavy (non-hydrogen) atoms. The normalized spacial score (nSPS) is 15.0. The van der Waals surface area contributed by atoms with E-state index in [1.807, 2.05) is 17.0 Å². The molecule has 0 aliphatic carbocycles. The lowest BCUT2D eigenvalue weighted by atomic mass is 10.1. The summed E-state index contributed by atoms with van der Waals surface area (Å²) in [6, 6.07) is 5.57. The Balaban J connectivity index is 1.65. The van der Waals surface area contributed by atoms with E-state index in [9.17, 15) is 4.79 Å². The van der Waals surface area contributed by atoms with Crippen molar-refractivity contribution in [3.8, 4) is 17.2 Å². The van der Waals surface area contributed by atoms with E-state index in [1.165, 1.54) is 12.5 Å². The smallest absolute Gasteiger partial charge is 0.257 e. The molecule has 1 aromatic carbocycles. The maximum absolute atomic E-state index is 12.4. The highest BCUT2D eigenvalue weighted by molar-refractivity contribution is 5.93. The number of methoxy groups -OCH3 is 3. The largest absolute Gasteiger partial charge is 0.493 e. The van der Waals surface area contributed by atoms with Crippen molar-refractivity contribution < 1.29 is 23.4 Å². The summed E-state index contributed by atoms with van der Waals surface area (Å²) in [5, 5.41) is 0. The molecule has 0 radical (unpaired) electrons. The number of rotatable bonds is 6. The van der Waals surface area contributed by atoms with Crippen molar-refractivity contribution in [1.82, 2.24) is 9.80 Å². The van der Waals surface area contributed by atoms with Gasteiger partial charge in [-0.1, -0.05) is 6.07 Å². The van der Waals surface area contributed by atoms with E-state index < -0.39 is 0 Å². The van der Waals surface area contributed by atoms with Crippen molar-refractivity contribution >= 4 is 5.91 Å². The first-order valence-electron chi connectivity index (χ1n) is 8.49. The molecule has 0 unspecified atom stereocenters. The van der Waals surface area contributed by atoms with Gasteiger partial charge in [-0.25, -0.2) is 0 Å². The number of piperazine rings is 1. The molecule has 7 nitrogen and oxygen atoms in total. The Kier molecular flexibility index (Phi) is 5.68. The van der Waals surface area contributed by atoms with Gasteiger partial charge in [0.05, 0.1) is 33.2 Å². The second-order valence-corrected chi connectivity index (χ2v) is 6.07. The van der Waals surface area contributed by atoms with Crippen LogP contribution in [0.2, 0.25) is 0 Å². The number of nitrogens with zero attached hydrogens (tertiary/aromatic N) is 2. The first-order chi connectivity index (χ1) is 12.7. The minimum atomic E-state index is 0.0158. The van der Waals surface area contributed by atoms with Gasteiger partial charge in [-0.3, -0.25) is 9.69 Å². The zero-order chi connectivity index (χ0) is 18.5. The van der Waals surface area contributed by atoms with Crippen LogP contribution in [0.3, 0.4) is 0 Å². The molecule has 7 heteroatoms. The molecule has 1 aromatic heterocycles. The molecule has 1 aliphatic rings. The Bertz CT molecular complexity index is 737. The maximum Gasteiger partial charge on any atom is 0.257 e. The second-order valence-electron chi connectivity index (χ2n) is 6.07. The van der Waals surface area contributed by atoms with Crippen molar-refractivity contribution in [2.75, 3.05) is 47.5 Å². The summed E-state index contributed by atoms with van der Waals surface area (Å²) in [4.78, 5) is 16.5. The van der Waals surface area contributed by atoms with E-state index in [2.05, 4.69) is 4.90 Å². The molecule has 3 rings (SSSR count). The number of ether oxygens (including phenoxy) is 3. The van der Waals surface area contributed by atoms with Crippen molar-refractivity contribution in [3.05, 3.63) is 41.9 Å². The Labute approximate surface area is 153 Å². The molecular weight excluding hydrogens is 336 g/mol. The predicted octanol–water partition coefficient (Wildman–Crippen LogP) is 2.26. The van der Waals surface area contributed by atoms with E-state index in [0.29, 0.717) is 35.9 Å². The number of furan rings is 1. The molecular formula is C19H24N2O5. The molecule has 2 aromatic rings. The second kappa shape index (κ2) is 8.14. The van der Waals surface area contributed by atoms with Crippen LogP contribution in [0.25, 0.3) is 0 Å². The zero-order valence-corrected chi connectivity index (χ0v) is 15.4. The molecule has 1 aliphatic heterocycles. The van der Waals surface area contributed by atoms with E-state index in [1.54, 1.807) is 27.4 Å². The number of benzene rings is 1. The average Bonchev–Trinajstić information content (AvgIpc) is 3.22. The SMILES string of the molecule is COc1ccc(CN2CCN(C(=O)c3ccoc3)CC2)c(OC)c1OC. The van der Waals surface area contributed by atoms with Crippen molar-refractivity contribution in [2.24, 2.45) is 0 Å². The lowest BCUT2D eigenvalue weighted by Crippen LogP contribution is -2.48. The topological polar surface area (TPSA) is 64.4 Å². The van der Waals surface area contributed by atoms with Gasteiger partial charge in [-0.15, -0.1) is 0 Å². The average molecular weight is 360 g/mol. The summed E-state index contributed by atoms with van der Waals surface area (Å²) in [5.74, 6) is 1.94. The number of hydrogen-bond acceptors (Lipinski definition) is 6. The van der Waals surface area contributed by atoms with Crippen LogP contribution in [0.1, 0.15) is 15.9 Å². The summed E-state index contributed by atoms with van der Waals surface area (Å²) in [6.45, 7) is 3.67. The van der Waals surface area contributed by atoms with E-state index in [4.69, 9.17) is 18.6 Å². The minimum Gasteiger partial charge on any atom is -0.493 e. The van der Waals surface area contributed by atoms with Crippen LogP contribution in [0.15, 0.2) is 35.1 Å². The highest BCUT2D eigenvalue weighted by Crippen LogP contribution is 2.40. The fraction of sp³-hybridized carbons (Fsp3) is 0.421. The van der Waals surface area contributed by atoms with Crippen LogP contribution < -0.4 is 14.2 Å². The summed E-state index contributed by atoms with van der Waals surface area (Å²) < 4.78 is 21.3. The molecule has 2 heterocycles. The summed E-state index contributed by atoms with van der Waals surface area (Å²) in [5.41, 5.74) is 1.62. The van der Waals surface area contributed by atoms with Gasteiger partial charge in [0, 0.05) is 38.3 Å². The Hall–Kier alpha value is -2.67. The van der Waals surface area contributed by atoms with Gasteiger partial charge in [-0.05, 0) is 12.1 Å². The van der Waals surface area contributed by atoms with Crippen molar-refractivity contribution in [1.29, 1.82) is 0 Å². The Morgan fingerprint density at radius 3 is 2.31 bits per heavy atom. The van der Waals surface area contributed by atoms with Crippen LogP contribution in [0.5, 0.6) is 17.2 Å². The zero-order valence-electron chi connectivity index (χ0n) is 15.4. The van der Waals surface area contributed by atoms with Gasteiger partial charge in [0.15, 0.2) is 11.5 Å².